The molecule has 0 bridgehead atoms. The Labute approximate surface area is 165 Å². The molecule has 28 heavy (non-hydrogen) atoms. The van der Waals surface area contributed by atoms with Crippen molar-refractivity contribution in [2.45, 2.75) is 52.6 Å². The molecule has 0 saturated carbocycles. The van der Waals surface area contributed by atoms with Crippen molar-refractivity contribution in [3.63, 3.8) is 0 Å². The highest BCUT2D eigenvalue weighted by atomic mass is 28.3. The van der Waals surface area contributed by atoms with Crippen LogP contribution in [0.1, 0.15) is 34.1 Å². The normalized spacial score (nSPS) is 13.5. The number of nitriles is 1. The Hall–Kier alpha value is -2.41. The van der Waals surface area contributed by atoms with Crippen LogP contribution in [0.5, 0.6) is 0 Å². The third-order valence-corrected chi connectivity index (χ3v) is 6.42. The van der Waals surface area contributed by atoms with Crippen molar-refractivity contribution in [3.8, 4) is 6.07 Å². The Bertz CT molecular complexity index is 956. The van der Waals surface area contributed by atoms with Crippen LogP contribution in [-0.2, 0) is 34.2 Å². The van der Waals surface area contributed by atoms with E-state index in [0.717, 1.165) is 17.2 Å². The number of ether oxygens (including phenoxy) is 3. The maximum Gasteiger partial charge on any atom is 0.356 e. The topological polar surface area (TPSA) is 112 Å². The van der Waals surface area contributed by atoms with Crippen molar-refractivity contribution in [2.24, 2.45) is 0 Å². The Balaban J connectivity index is 2.12. The summed E-state index contributed by atoms with van der Waals surface area (Å²) < 4.78 is 18.3. The number of aromatic nitrogens is 2. The summed E-state index contributed by atoms with van der Waals surface area (Å²) in [5.41, 5.74) is 9.08. The largest absolute Gasteiger partial charge is 0.461 e. The van der Waals surface area contributed by atoms with Gasteiger partial charge in [0.1, 0.15) is 35.4 Å². The minimum atomic E-state index is -1.25. The predicted octanol–water partition coefficient (Wildman–Crippen LogP) is 3.01. The quantitative estimate of drug-likeness (QED) is 0.430. The molecule has 1 aliphatic rings. The lowest BCUT2D eigenvalue weighted by Gasteiger charge is -2.17. The molecule has 0 atom stereocenters. The summed E-state index contributed by atoms with van der Waals surface area (Å²) in [4.78, 5) is 17.1. The van der Waals surface area contributed by atoms with Gasteiger partial charge in [0.2, 0.25) is 0 Å². The SMILES string of the molecule is CCOC(=O)c1c(C#N)c2nc(N)c3c(c2n1COCC[Si](C)(C)C)COC3. The second-order valence-corrected chi connectivity index (χ2v) is 13.6. The molecular formula is C19H26N4O4Si. The van der Waals surface area contributed by atoms with Gasteiger partial charge in [-0.1, -0.05) is 19.6 Å². The van der Waals surface area contributed by atoms with E-state index in [1.54, 1.807) is 11.5 Å². The van der Waals surface area contributed by atoms with Crippen LogP contribution < -0.4 is 5.73 Å². The van der Waals surface area contributed by atoms with E-state index in [4.69, 9.17) is 19.9 Å². The summed E-state index contributed by atoms with van der Waals surface area (Å²) in [5.74, 6) is -0.249. The molecule has 9 heteroatoms. The van der Waals surface area contributed by atoms with Crippen molar-refractivity contribution >= 4 is 30.9 Å². The maximum absolute atomic E-state index is 12.7. The van der Waals surface area contributed by atoms with Crippen LogP contribution in [0.3, 0.4) is 0 Å². The van der Waals surface area contributed by atoms with Gasteiger partial charge in [-0.3, -0.25) is 0 Å². The Morgan fingerprint density at radius 1 is 1.36 bits per heavy atom. The van der Waals surface area contributed by atoms with Crippen molar-refractivity contribution in [1.29, 1.82) is 5.26 Å². The number of pyridine rings is 1. The van der Waals surface area contributed by atoms with Crippen LogP contribution in [0, 0.1) is 11.3 Å². The molecular weight excluding hydrogens is 376 g/mol. The van der Waals surface area contributed by atoms with Crippen molar-refractivity contribution in [2.75, 3.05) is 18.9 Å². The smallest absolute Gasteiger partial charge is 0.356 e. The number of hydrogen-bond donors (Lipinski definition) is 1. The van der Waals surface area contributed by atoms with E-state index in [9.17, 15) is 10.1 Å². The molecule has 150 valence electrons. The second kappa shape index (κ2) is 7.91. The number of nitrogen functional groups attached to an aromatic ring is 1. The zero-order valence-electron chi connectivity index (χ0n) is 16.8. The third kappa shape index (κ3) is 3.76. The highest BCUT2D eigenvalue weighted by Crippen LogP contribution is 2.35. The number of fused-ring (bicyclic) bond motifs is 3. The average molecular weight is 403 g/mol. The lowest BCUT2D eigenvalue weighted by atomic mass is 10.1. The van der Waals surface area contributed by atoms with E-state index < -0.39 is 14.0 Å². The molecule has 2 aromatic heterocycles. The first-order valence-electron chi connectivity index (χ1n) is 9.34. The molecule has 0 aromatic carbocycles. The molecule has 0 saturated heterocycles. The van der Waals surface area contributed by atoms with E-state index in [2.05, 4.69) is 30.7 Å². The van der Waals surface area contributed by atoms with Crippen LogP contribution >= 0.6 is 0 Å². The Kier molecular flexibility index (Phi) is 5.74. The van der Waals surface area contributed by atoms with Gasteiger partial charge >= 0.3 is 5.97 Å². The molecule has 0 aliphatic carbocycles. The number of nitrogens with two attached hydrogens (primary N) is 1. The number of esters is 1. The summed E-state index contributed by atoms with van der Waals surface area (Å²) in [6, 6.07) is 3.10. The first-order valence-corrected chi connectivity index (χ1v) is 13.0. The number of hydrogen-bond acceptors (Lipinski definition) is 7. The van der Waals surface area contributed by atoms with Crippen LogP contribution in [0.4, 0.5) is 5.82 Å². The van der Waals surface area contributed by atoms with Crippen molar-refractivity contribution < 1.29 is 19.0 Å². The molecule has 0 radical (unpaired) electrons. The van der Waals surface area contributed by atoms with Gasteiger partial charge in [-0.2, -0.15) is 5.26 Å². The lowest BCUT2D eigenvalue weighted by molar-refractivity contribution is 0.0477. The average Bonchev–Trinajstić information content (AvgIpc) is 3.21. The molecule has 3 rings (SSSR count). The van der Waals surface area contributed by atoms with E-state index in [0.29, 0.717) is 36.7 Å². The van der Waals surface area contributed by atoms with Gasteiger partial charge in [0.15, 0.2) is 0 Å². The fraction of sp³-hybridized carbons (Fsp3) is 0.526. The monoisotopic (exact) mass is 402 g/mol. The number of nitrogens with zero attached hydrogens (tertiary/aromatic N) is 3. The molecule has 0 amide bonds. The van der Waals surface area contributed by atoms with Gasteiger partial charge in [0, 0.05) is 25.8 Å². The molecule has 8 nitrogen and oxygen atoms in total. The van der Waals surface area contributed by atoms with E-state index >= 15 is 0 Å². The van der Waals surface area contributed by atoms with Crippen molar-refractivity contribution in [1.82, 2.24) is 9.55 Å². The van der Waals surface area contributed by atoms with Crippen LogP contribution in [0.15, 0.2) is 0 Å². The lowest BCUT2D eigenvalue weighted by Crippen LogP contribution is -2.22. The van der Waals surface area contributed by atoms with E-state index in [1.807, 2.05) is 0 Å². The molecule has 1 aliphatic heterocycles. The Morgan fingerprint density at radius 3 is 2.71 bits per heavy atom. The summed E-state index contributed by atoms with van der Waals surface area (Å²) in [5, 5.41) is 9.75. The van der Waals surface area contributed by atoms with Gasteiger partial charge in [-0.25, -0.2) is 9.78 Å². The number of anilines is 1. The summed E-state index contributed by atoms with van der Waals surface area (Å²) in [7, 11) is -1.25. The standard InChI is InChI=1S/C19H26N4O4Si/c1-5-27-19(24)17-12(8-20)15-16(13-9-26-10-14(13)18(21)22-15)23(17)11-25-6-7-28(2,3)4/h5-7,9-11H2,1-4H3,(H2,21,22). The number of carbonyl (C=O) groups excluding carboxylic acids is 1. The van der Waals surface area contributed by atoms with Crippen LogP contribution in [0.2, 0.25) is 25.7 Å². The Morgan fingerprint density at radius 2 is 2.07 bits per heavy atom. The van der Waals surface area contributed by atoms with Gasteiger partial charge < -0.3 is 24.5 Å². The van der Waals surface area contributed by atoms with Gasteiger partial charge in [0.05, 0.1) is 25.3 Å². The second-order valence-electron chi connectivity index (χ2n) is 7.98. The summed E-state index contributed by atoms with van der Waals surface area (Å²) in [6.07, 6.45) is 0. The van der Waals surface area contributed by atoms with Crippen LogP contribution in [-0.4, -0.2) is 36.8 Å². The summed E-state index contributed by atoms with van der Waals surface area (Å²) >= 11 is 0. The first-order chi connectivity index (χ1) is 13.3. The minimum Gasteiger partial charge on any atom is -0.461 e. The fourth-order valence-corrected chi connectivity index (χ4v) is 4.01. The molecule has 3 heterocycles. The number of carbonyl (C=O) groups is 1. The molecule has 2 aromatic rings. The van der Waals surface area contributed by atoms with E-state index in [-0.39, 0.29) is 24.6 Å². The van der Waals surface area contributed by atoms with Crippen LogP contribution in [0.25, 0.3) is 11.0 Å². The van der Waals surface area contributed by atoms with Crippen molar-refractivity contribution in [3.05, 3.63) is 22.4 Å². The molecule has 0 unspecified atom stereocenters. The highest BCUT2D eigenvalue weighted by Gasteiger charge is 2.30. The van der Waals surface area contributed by atoms with Gasteiger partial charge in [0.25, 0.3) is 0 Å². The zero-order chi connectivity index (χ0) is 20.5. The van der Waals surface area contributed by atoms with Gasteiger partial charge in [-0.15, -0.1) is 0 Å². The molecule has 0 spiro atoms. The zero-order valence-corrected chi connectivity index (χ0v) is 17.8. The van der Waals surface area contributed by atoms with Gasteiger partial charge in [-0.05, 0) is 13.0 Å². The first kappa shape index (κ1) is 20.3. The highest BCUT2D eigenvalue weighted by molar-refractivity contribution is 6.76. The third-order valence-electron chi connectivity index (χ3n) is 4.72. The summed E-state index contributed by atoms with van der Waals surface area (Å²) in [6.45, 7) is 10.2. The maximum atomic E-state index is 12.7. The molecule has 2 N–H and O–H groups in total. The number of rotatable bonds is 7. The molecule has 0 fully saturated rings. The minimum absolute atomic E-state index is 0.134. The predicted molar refractivity (Wildman–Crippen MR) is 107 cm³/mol. The fourth-order valence-electron chi connectivity index (χ4n) is 3.26. The van der Waals surface area contributed by atoms with E-state index in [1.165, 1.54) is 0 Å².